The van der Waals surface area contributed by atoms with Crippen LogP contribution in [0.1, 0.15) is 48.5 Å². The van der Waals surface area contributed by atoms with Gasteiger partial charge in [-0.3, -0.25) is 4.79 Å². The molecule has 1 fully saturated rings. The summed E-state index contributed by atoms with van der Waals surface area (Å²) < 4.78 is 18.9. The van der Waals surface area contributed by atoms with Crippen LogP contribution < -0.4 is 4.74 Å². The van der Waals surface area contributed by atoms with Crippen molar-refractivity contribution in [3.8, 4) is 11.6 Å². The van der Waals surface area contributed by atoms with Crippen LogP contribution in [0.3, 0.4) is 0 Å². The standard InChI is InChI=1S/C24H28FN5O2/c1-3-4-20-8-6-18(16-32-23-10-7-19(25)14-26-23)15-29(20)24(31)21-13-17(2)5-9-22(21)30-27-11-12-28-30/h5,7,9-14,18,20H,3-4,6,8,15-16H2,1-2H3/t18-,20?/m1/s1. The molecular formula is C24H28FN5O2. The number of rotatable bonds is 7. The second-order valence-electron chi connectivity index (χ2n) is 8.31. The summed E-state index contributed by atoms with van der Waals surface area (Å²) in [4.78, 5) is 21.2. The van der Waals surface area contributed by atoms with Crippen LogP contribution in [-0.4, -0.2) is 50.0 Å². The van der Waals surface area contributed by atoms with Crippen LogP contribution >= 0.6 is 0 Å². The van der Waals surface area contributed by atoms with Crippen LogP contribution in [0.25, 0.3) is 5.69 Å². The van der Waals surface area contributed by atoms with Crippen LogP contribution in [0.5, 0.6) is 5.88 Å². The number of pyridine rings is 1. The molecule has 8 heteroatoms. The Labute approximate surface area is 187 Å². The molecule has 1 saturated heterocycles. The Morgan fingerprint density at radius 2 is 2.00 bits per heavy atom. The highest BCUT2D eigenvalue weighted by Crippen LogP contribution is 2.29. The molecule has 0 radical (unpaired) electrons. The molecule has 1 amide bonds. The minimum atomic E-state index is -0.394. The van der Waals surface area contributed by atoms with Crippen LogP contribution in [0, 0.1) is 18.7 Å². The number of hydrogen-bond acceptors (Lipinski definition) is 5. The fraction of sp³-hybridized carbons (Fsp3) is 0.417. The Bertz CT molecular complexity index is 1040. The van der Waals surface area contributed by atoms with Gasteiger partial charge in [0.05, 0.1) is 36.4 Å². The molecule has 2 aromatic heterocycles. The molecule has 0 bridgehead atoms. The van der Waals surface area contributed by atoms with Gasteiger partial charge < -0.3 is 9.64 Å². The van der Waals surface area contributed by atoms with E-state index in [9.17, 15) is 9.18 Å². The highest BCUT2D eigenvalue weighted by molar-refractivity contribution is 5.98. The molecule has 0 saturated carbocycles. The molecule has 0 spiro atoms. The molecule has 3 heterocycles. The van der Waals surface area contributed by atoms with E-state index in [2.05, 4.69) is 22.1 Å². The molecule has 0 aliphatic carbocycles. The molecule has 1 aliphatic rings. The van der Waals surface area contributed by atoms with Crippen LogP contribution in [-0.2, 0) is 0 Å². The summed E-state index contributed by atoms with van der Waals surface area (Å²) in [5, 5.41) is 8.45. The van der Waals surface area contributed by atoms with Crippen molar-refractivity contribution in [3.05, 3.63) is 65.9 Å². The van der Waals surface area contributed by atoms with E-state index in [-0.39, 0.29) is 17.9 Å². The third-order valence-corrected chi connectivity index (χ3v) is 5.87. The Kier molecular flexibility index (Phi) is 6.78. The fourth-order valence-corrected chi connectivity index (χ4v) is 4.26. The van der Waals surface area contributed by atoms with Crippen molar-refractivity contribution >= 4 is 5.91 Å². The van der Waals surface area contributed by atoms with Gasteiger partial charge in [0.25, 0.3) is 5.91 Å². The van der Waals surface area contributed by atoms with Crippen molar-refractivity contribution in [2.24, 2.45) is 5.92 Å². The first kappa shape index (κ1) is 21.9. The number of aryl methyl sites for hydroxylation is 1. The lowest BCUT2D eigenvalue weighted by molar-refractivity contribution is 0.0454. The maximum absolute atomic E-state index is 13.8. The molecule has 3 aromatic rings. The number of amides is 1. The normalized spacial score (nSPS) is 18.5. The number of ether oxygens (including phenoxy) is 1. The molecule has 1 unspecified atom stereocenters. The van der Waals surface area contributed by atoms with E-state index in [1.807, 2.05) is 30.0 Å². The lowest BCUT2D eigenvalue weighted by Gasteiger charge is -2.40. The lowest BCUT2D eigenvalue weighted by Crippen LogP contribution is -2.48. The zero-order valence-electron chi connectivity index (χ0n) is 18.4. The molecule has 32 heavy (non-hydrogen) atoms. The summed E-state index contributed by atoms with van der Waals surface area (Å²) in [6.07, 6.45) is 8.21. The minimum Gasteiger partial charge on any atom is -0.477 e. The Hall–Kier alpha value is -3.29. The van der Waals surface area contributed by atoms with Gasteiger partial charge in [-0.15, -0.1) is 0 Å². The number of benzene rings is 1. The molecule has 2 atom stereocenters. The van der Waals surface area contributed by atoms with Gasteiger partial charge in [0.15, 0.2) is 0 Å². The van der Waals surface area contributed by atoms with Gasteiger partial charge in [0, 0.05) is 24.6 Å². The summed E-state index contributed by atoms with van der Waals surface area (Å²) in [6, 6.07) is 8.80. The first-order valence-corrected chi connectivity index (χ1v) is 11.1. The monoisotopic (exact) mass is 437 g/mol. The smallest absolute Gasteiger partial charge is 0.256 e. The van der Waals surface area contributed by atoms with Gasteiger partial charge in [-0.05, 0) is 44.4 Å². The number of carbonyl (C=O) groups is 1. The van der Waals surface area contributed by atoms with Gasteiger partial charge in [0.1, 0.15) is 5.82 Å². The molecule has 0 N–H and O–H groups in total. The van der Waals surface area contributed by atoms with Crippen LogP contribution in [0.15, 0.2) is 48.9 Å². The summed E-state index contributed by atoms with van der Waals surface area (Å²) in [7, 11) is 0. The molecular weight excluding hydrogens is 409 g/mol. The predicted octanol–water partition coefficient (Wildman–Crippen LogP) is 4.21. The third kappa shape index (κ3) is 4.95. The highest BCUT2D eigenvalue weighted by Gasteiger charge is 2.33. The number of halogens is 1. The van der Waals surface area contributed by atoms with E-state index in [4.69, 9.17) is 4.74 Å². The van der Waals surface area contributed by atoms with Gasteiger partial charge in [0.2, 0.25) is 5.88 Å². The Balaban J connectivity index is 1.54. The number of carbonyl (C=O) groups excluding carboxylic acids is 1. The molecule has 1 aliphatic heterocycles. The van der Waals surface area contributed by atoms with Crippen molar-refractivity contribution in [2.75, 3.05) is 13.2 Å². The second-order valence-corrected chi connectivity index (χ2v) is 8.31. The quantitative estimate of drug-likeness (QED) is 0.554. The first-order valence-electron chi connectivity index (χ1n) is 11.1. The van der Waals surface area contributed by atoms with Crippen molar-refractivity contribution in [2.45, 2.75) is 45.6 Å². The number of hydrogen-bond donors (Lipinski definition) is 0. The molecule has 168 valence electrons. The number of piperidine rings is 1. The van der Waals surface area contributed by atoms with Crippen LogP contribution in [0.4, 0.5) is 4.39 Å². The zero-order chi connectivity index (χ0) is 22.5. The minimum absolute atomic E-state index is 0.0101. The SMILES string of the molecule is CCCC1CC[C@@H](COc2ccc(F)cn2)CN1C(=O)c1cc(C)ccc1-n1nccn1. The van der Waals surface area contributed by atoms with Crippen molar-refractivity contribution in [3.63, 3.8) is 0 Å². The topological polar surface area (TPSA) is 73.1 Å². The zero-order valence-corrected chi connectivity index (χ0v) is 18.4. The third-order valence-electron chi connectivity index (χ3n) is 5.87. The summed E-state index contributed by atoms with van der Waals surface area (Å²) in [6.45, 7) is 5.15. The summed E-state index contributed by atoms with van der Waals surface area (Å²) in [5.41, 5.74) is 2.29. The summed E-state index contributed by atoms with van der Waals surface area (Å²) >= 11 is 0. The fourth-order valence-electron chi connectivity index (χ4n) is 4.26. The highest BCUT2D eigenvalue weighted by atomic mass is 19.1. The van der Waals surface area contributed by atoms with Gasteiger partial charge in [-0.2, -0.15) is 15.0 Å². The van der Waals surface area contributed by atoms with E-state index < -0.39 is 5.82 Å². The maximum atomic E-state index is 13.8. The number of aromatic nitrogens is 4. The van der Waals surface area contributed by atoms with Crippen LogP contribution in [0.2, 0.25) is 0 Å². The van der Waals surface area contributed by atoms with Gasteiger partial charge >= 0.3 is 0 Å². The molecule has 7 nitrogen and oxygen atoms in total. The van der Waals surface area contributed by atoms with E-state index in [0.29, 0.717) is 30.3 Å². The Morgan fingerprint density at radius 3 is 2.72 bits per heavy atom. The summed E-state index contributed by atoms with van der Waals surface area (Å²) in [5.74, 6) is 0.166. The molecule has 1 aromatic carbocycles. The van der Waals surface area contributed by atoms with E-state index in [1.54, 1.807) is 12.4 Å². The largest absolute Gasteiger partial charge is 0.477 e. The van der Waals surface area contributed by atoms with Crippen molar-refractivity contribution in [1.82, 2.24) is 24.9 Å². The second kappa shape index (κ2) is 9.89. The maximum Gasteiger partial charge on any atom is 0.256 e. The number of likely N-dealkylation sites (tertiary alicyclic amines) is 1. The Morgan fingerprint density at radius 1 is 1.19 bits per heavy atom. The number of nitrogens with zero attached hydrogens (tertiary/aromatic N) is 5. The van der Waals surface area contributed by atoms with E-state index in [1.165, 1.54) is 16.9 Å². The van der Waals surface area contributed by atoms with Crippen molar-refractivity contribution < 1.29 is 13.9 Å². The molecule has 4 rings (SSSR count). The lowest BCUT2D eigenvalue weighted by atomic mass is 9.90. The average molecular weight is 438 g/mol. The first-order chi connectivity index (χ1) is 15.5. The predicted molar refractivity (Wildman–Crippen MR) is 118 cm³/mol. The van der Waals surface area contributed by atoms with E-state index >= 15 is 0 Å². The average Bonchev–Trinajstić information content (AvgIpc) is 3.34. The van der Waals surface area contributed by atoms with Gasteiger partial charge in [-0.1, -0.05) is 25.0 Å². The van der Waals surface area contributed by atoms with E-state index in [0.717, 1.165) is 37.4 Å². The van der Waals surface area contributed by atoms with Crippen molar-refractivity contribution in [1.29, 1.82) is 0 Å². The van der Waals surface area contributed by atoms with Gasteiger partial charge in [-0.25, -0.2) is 9.37 Å².